The lowest BCUT2D eigenvalue weighted by atomic mass is 9.93. The molecule has 0 radical (unpaired) electrons. The summed E-state index contributed by atoms with van der Waals surface area (Å²) in [5, 5.41) is 0. The van der Waals surface area contributed by atoms with Gasteiger partial charge in [-0.1, -0.05) is 18.2 Å². The van der Waals surface area contributed by atoms with Gasteiger partial charge in [0.1, 0.15) is 5.75 Å². The maximum absolute atomic E-state index is 13.4. The smallest absolute Gasteiger partial charge is 0.233 e. The van der Waals surface area contributed by atoms with Crippen LogP contribution in [0.25, 0.3) is 0 Å². The van der Waals surface area contributed by atoms with E-state index in [4.69, 9.17) is 4.74 Å². The summed E-state index contributed by atoms with van der Waals surface area (Å²) in [7, 11) is 1.67. The fourth-order valence-corrected chi connectivity index (χ4v) is 4.19. The van der Waals surface area contributed by atoms with Gasteiger partial charge in [-0.05, 0) is 23.8 Å². The summed E-state index contributed by atoms with van der Waals surface area (Å²) in [5.74, 6) is 0.477. The highest BCUT2D eigenvalue weighted by atomic mass is 16.5. The van der Waals surface area contributed by atoms with E-state index in [2.05, 4.69) is 9.88 Å². The van der Waals surface area contributed by atoms with Gasteiger partial charge in [0.25, 0.3) is 0 Å². The number of pyridine rings is 1. The Balaban J connectivity index is 1.49. The molecule has 1 saturated heterocycles. The van der Waals surface area contributed by atoms with Gasteiger partial charge in [0.2, 0.25) is 11.8 Å². The second-order valence-corrected chi connectivity index (χ2v) is 7.48. The molecule has 152 valence electrons. The largest absolute Gasteiger partial charge is 0.495 e. The summed E-state index contributed by atoms with van der Waals surface area (Å²) >= 11 is 0. The van der Waals surface area contributed by atoms with Gasteiger partial charge < -0.3 is 19.4 Å². The van der Waals surface area contributed by atoms with Crippen LogP contribution in [0.3, 0.4) is 0 Å². The first-order valence-electron chi connectivity index (χ1n) is 9.94. The highest BCUT2D eigenvalue weighted by molar-refractivity contribution is 5.86. The third kappa shape index (κ3) is 3.77. The van der Waals surface area contributed by atoms with E-state index in [9.17, 15) is 9.59 Å². The maximum Gasteiger partial charge on any atom is 0.233 e. The van der Waals surface area contributed by atoms with Crippen molar-refractivity contribution in [2.75, 3.05) is 44.7 Å². The van der Waals surface area contributed by atoms with Crippen LogP contribution in [0.2, 0.25) is 0 Å². The molecular formula is C22H26N4O3. The van der Waals surface area contributed by atoms with E-state index >= 15 is 0 Å². The molecule has 7 nitrogen and oxygen atoms in total. The molecule has 1 aromatic carbocycles. The average Bonchev–Trinajstić information content (AvgIpc) is 2.77. The molecule has 0 spiro atoms. The molecule has 1 aromatic heterocycles. The summed E-state index contributed by atoms with van der Waals surface area (Å²) in [6, 6.07) is 11.8. The van der Waals surface area contributed by atoms with E-state index in [1.807, 2.05) is 41.3 Å². The van der Waals surface area contributed by atoms with Crippen LogP contribution in [0.15, 0.2) is 42.6 Å². The lowest BCUT2D eigenvalue weighted by Gasteiger charge is -2.40. The van der Waals surface area contributed by atoms with Crippen LogP contribution < -0.4 is 9.64 Å². The number of aromatic nitrogens is 1. The number of rotatable bonds is 3. The highest BCUT2D eigenvalue weighted by Crippen LogP contribution is 2.31. The number of carbonyl (C=O) groups excluding carboxylic acids is 2. The molecule has 2 aliphatic heterocycles. The third-order valence-corrected chi connectivity index (χ3v) is 5.78. The SMILES string of the molecule is COc1ccccc1N1CCN(C(=O)C2CN(C(C)=O)Cc3cccnc32)CC1. The minimum atomic E-state index is -0.401. The van der Waals surface area contributed by atoms with E-state index < -0.39 is 5.92 Å². The standard InChI is InChI=1S/C22H26N4O3/c1-16(27)26-14-17-6-5-9-23-21(17)18(15-26)22(28)25-12-10-24(11-13-25)19-7-3-4-8-20(19)29-2/h3-9,18H,10-15H2,1-2H3. The molecule has 1 unspecified atom stereocenters. The number of fused-ring (bicyclic) bond motifs is 1. The molecule has 29 heavy (non-hydrogen) atoms. The normalized spacial score (nSPS) is 19.0. The number of hydrogen-bond acceptors (Lipinski definition) is 5. The predicted molar refractivity (Wildman–Crippen MR) is 110 cm³/mol. The van der Waals surface area contributed by atoms with Crippen molar-refractivity contribution in [2.24, 2.45) is 0 Å². The van der Waals surface area contributed by atoms with Crippen LogP contribution in [0.4, 0.5) is 5.69 Å². The Morgan fingerprint density at radius 2 is 1.79 bits per heavy atom. The number of ether oxygens (including phenoxy) is 1. The number of para-hydroxylation sites is 2. The first-order valence-corrected chi connectivity index (χ1v) is 9.94. The summed E-state index contributed by atoms with van der Waals surface area (Å²) in [5.41, 5.74) is 2.82. The van der Waals surface area contributed by atoms with Crippen molar-refractivity contribution in [3.8, 4) is 5.75 Å². The van der Waals surface area contributed by atoms with Crippen LogP contribution in [0, 0.1) is 0 Å². The Bertz CT molecular complexity index is 908. The van der Waals surface area contributed by atoms with E-state index in [0.29, 0.717) is 26.2 Å². The van der Waals surface area contributed by atoms with Gasteiger partial charge in [-0.25, -0.2) is 0 Å². The average molecular weight is 394 g/mol. The zero-order valence-corrected chi connectivity index (χ0v) is 16.9. The van der Waals surface area contributed by atoms with E-state index in [0.717, 1.165) is 35.8 Å². The molecule has 1 atom stereocenters. The van der Waals surface area contributed by atoms with Gasteiger partial charge in [0, 0.05) is 52.4 Å². The number of methoxy groups -OCH3 is 1. The number of carbonyl (C=O) groups is 2. The zero-order valence-electron chi connectivity index (χ0n) is 16.9. The van der Waals surface area contributed by atoms with Gasteiger partial charge in [0.05, 0.1) is 24.4 Å². The minimum absolute atomic E-state index is 0.0155. The van der Waals surface area contributed by atoms with E-state index in [-0.39, 0.29) is 11.8 Å². The molecule has 1 fully saturated rings. The Morgan fingerprint density at radius 1 is 1.03 bits per heavy atom. The molecule has 2 aliphatic rings. The molecular weight excluding hydrogens is 368 g/mol. The lowest BCUT2D eigenvalue weighted by molar-refractivity contribution is -0.136. The summed E-state index contributed by atoms with van der Waals surface area (Å²) in [6.45, 7) is 5.21. The minimum Gasteiger partial charge on any atom is -0.495 e. The van der Waals surface area contributed by atoms with Crippen molar-refractivity contribution in [3.05, 3.63) is 53.9 Å². The predicted octanol–water partition coefficient (Wildman–Crippen LogP) is 1.88. The monoisotopic (exact) mass is 394 g/mol. The number of nitrogens with zero attached hydrogens (tertiary/aromatic N) is 4. The van der Waals surface area contributed by atoms with Gasteiger partial charge in [-0.2, -0.15) is 0 Å². The maximum atomic E-state index is 13.4. The molecule has 2 amide bonds. The third-order valence-electron chi connectivity index (χ3n) is 5.78. The lowest BCUT2D eigenvalue weighted by Crippen LogP contribution is -2.52. The molecule has 0 N–H and O–H groups in total. The van der Waals surface area contributed by atoms with Crippen LogP contribution in [-0.4, -0.2) is 66.4 Å². The molecule has 0 bridgehead atoms. The van der Waals surface area contributed by atoms with E-state index in [1.54, 1.807) is 25.1 Å². The summed E-state index contributed by atoms with van der Waals surface area (Å²) in [6.07, 6.45) is 1.72. The van der Waals surface area contributed by atoms with Crippen molar-refractivity contribution >= 4 is 17.5 Å². The van der Waals surface area contributed by atoms with Crippen LogP contribution >= 0.6 is 0 Å². The highest BCUT2D eigenvalue weighted by Gasteiger charge is 2.36. The van der Waals surface area contributed by atoms with Crippen molar-refractivity contribution in [3.63, 3.8) is 0 Å². The molecule has 3 heterocycles. The number of amides is 2. The van der Waals surface area contributed by atoms with Crippen molar-refractivity contribution in [1.29, 1.82) is 0 Å². The second-order valence-electron chi connectivity index (χ2n) is 7.48. The Hall–Kier alpha value is -3.09. The fraction of sp³-hybridized carbons (Fsp3) is 0.409. The zero-order chi connectivity index (χ0) is 20.4. The quantitative estimate of drug-likeness (QED) is 0.795. The number of piperazine rings is 1. The molecule has 0 aliphatic carbocycles. The number of anilines is 1. The Labute approximate surface area is 170 Å². The van der Waals surface area contributed by atoms with Crippen LogP contribution in [0.5, 0.6) is 5.75 Å². The van der Waals surface area contributed by atoms with Gasteiger partial charge in [-0.15, -0.1) is 0 Å². The number of benzene rings is 1. The van der Waals surface area contributed by atoms with Crippen molar-refractivity contribution in [2.45, 2.75) is 19.4 Å². The first-order chi connectivity index (χ1) is 14.1. The fourth-order valence-electron chi connectivity index (χ4n) is 4.19. The first kappa shape index (κ1) is 19.2. The molecule has 2 aromatic rings. The topological polar surface area (TPSA) is 66.0 Å². The number of hydrogen-bond donors (Lipinski definition) is 0. The Morgan fingerprint density at radius 3 is 2.52 bits per heavy atom. The summed E-state index contributed by atoms with van der Waals surface area (Å²) < 4.78 is 5.47. The molecule has 7 heteroatoms. The summed E-state index contributed by atoms with van der Waals surface area (Å²) in [4.78, 5) is 35.7. The second kappa shape index (κ2) is 8.11. The van der Waals surface area contributed by atoms with Gasteiger partial charge in [0.15, 0.2) is 0 Å². The van der Waals surface area contributed by atoms with Crippen LogP contribution in [-0.2, 0) is 16.1 Å². The Kier molecular flexibility index (Phi) is 5.38. The molecule has 4 rings (SSSR count). The van der Waals surface area contributed by atoms with Crippen molar-refractivity contribution < 1.29 is 14.3 Å². The van der Waals surface area contributed by atoms with Crippen LogP contribution in [0.1, 0.15) is 24.1 Å². The van der Waals surface area contributed by atoms with E-state index in [1.165, 1.54) is 0 Å². The molecule has 0 saturated carbocycles. The van der Waals surface area contributed by atoms with Gasteiger partial charge >= 0.3 is 0 Å². The van der Waals surface area contributed by atoms with Crippen molar-refractivity contribution in [1.82, 2.24) is 14.8 Å². The van der Waals surface area contributed by atoms with Gasteiger partial charge in [-0.3, -0.25) is 14.6 Å².